The van der Waals surface area contributed by atoms with Crippen LogP contribution in [0.2, 0.25) is 0 Å². The molecule has 0 saturated carbocycles. The van der Waals surface area contributed by atoms with Crippen LogP contribution in [0.1, 0.15) is 25.3 Å². The summed E-state index contributed by atoms with van der Waals surface area (Å²) in [6, 6.07) is 9.27. The molecule has 0 amide bonds. The van der Waals surface area contributed by atoms with Crippen molar-refractivity contribution in [1.82, 2.24) is 9.55 Å². The lowest BCUT2D eigenvalue weighted by atomic mass is 10.2. The summed E-state index contributed by atoms with van der Waals surface area (Å²) in [6.07, 6.45) is 0.895. The van der Waals surface area contributed by atoms with Crippen molar-refractivity contribution < 1.29 is 23.7 Å². The van der Waals surface area contributed by atoms with E-state index in [2.05, 4.69) is 0 Å². The Kier molecular flexibility index (Phi) is 8.21. The largest absolute Gasteiger partial charge is 0.493 e. The van der Waals surface area contributed by atoms with E-state index in [1.165, 1.54) is 33.1 Å². The zero-order valence-electron chi connectivity index (χ0n) is 19.5. The van der Waals surface area contributed by atoms with Crippen LogP contribution >= 0.6 is 11.8 Å². The second kappa shape index (κ2) is 11.1. The van der Waals surface area contributed by atoms with E-state index in [0.717, 1.165) is 5.56 Å². The van der Waals surface area contributed by atoms with E-state index >= 15 is 0 Å². The van der Waals surface area contributed by atoms with Crippen molar-refractivity contribution in [2.24, 2.45) is 0 Å². The first-order chi connectivity index (χ1) is 15.9. The van der Waals surface area contributed by atoms with Gasteiger partial charge < -0.3 is 18.9 Å². The number of rotatable bonds is 10. The summed E-state index contributed by atoms with van der Waals surface area (Å²) in [5.41, 5.74) is 1.85. The minimum Gasteiger partial charge on any atom is -0.493 e. The number of thioether (sulfide) groups is 1. The number of benzene rings is 2. The average molecular weight is 473 g/mol. The molecule has 0 radical (unpaired) electrons. The molecular formula is C24H28N2O6S. The number of aromatic nitrogens is 2. The van der Waals surface area contributed by atoms with E-state index in [1.54, 1.807) is 17.6 Å². The molecule has 0 saturated heterocycles. The van der Waals surface area contributed by atoms with Gasteiger partial charge in [-0.1, -0.05) is 23.9 Å². The maximum absolute atomic E-state index is 13.7. The minimum atomic E-state index is -0.252. The van der Waals surface area contributed by atoms with Crippen molar-refractivity contribution in [2.45, 2.75) is 31.8 Å². The highest BCUT2D eigenvalue weighted by molar-refractivity contribution is 7.99. The van der Waals surface area contributed by atoms with Crippen molar-refractivity contribution in [1.29, 1.82) is 0 Å². The Morgan fingerprint density at radius 3 is 2.48 bits per heavy atom. The van der Waals surface area contributed by atoms with Crippen LogP contribution < -0.4 is 19.8 Å². The number of carbonyl (C=O) groups is 1. The standard InChI is InChI=1S/C24H28N2O6S/c1-6-32-19(27)11-8-12-33-24-25-20-17(14-18(29-3)21(30-4)22(20)31-5)23(28)26(24)16-10-7-9-15(2)13-16/h7,9-10,13-14H,6,8,11-12H2,1-5H3. The molecule has 8 nitrogen and oxygen atoms in total. The number of hydrogen-bond acceptors (Lipinski definition) is 8. The van der Waals surface area contributed by atoms with E-state index in [-0.39, 0.29) is 11.5 Å². The van der Waals surface area contributed by atoms with Gasteiger partial charge in [-0.05, 0) is 44.0 Å². The third-order valence-corrected chi connectivity index (χ3v) is 5.98. The van der Waals surface area contributed by atoms with Crippen LogP contribution in [0.15, 0.2) is 40.3 Å². The molecule has 2 aromatic carbocycles. The third-order valence-electron chi connectivity index (χ3n) is 4.96. The smallest absolute Gasteiger partial charge is 0.305 e. The monoisotopic (exact) mass is 472 g/mol. The van der Waals surface area contributed by atoms with Gasteiger partial charge in [0.05, 0.1) is 39.0 Å². The van der Waals surface area contributed by atoms with Gasteiger partial charge in [-0.3, -0.25) is 14.2 Å². The Balaban J connectivity index is 2.16. The molecule has 3 aromatic rings. The Labute approximate surface area is 196 Å². The maximum Gasteiger partial charge on any atom is 0.305 e. The molecule has 33 heavy (non-hydrogen) atoms. The number of methoxy groups -OCH3 is 3. The Morgan fingerprint density at radius 1 is 1.09 bits per heavy atom. The second-order valence-corrected chi connectivity index (χ2v) is 8.23. The van der Waals surface area contributed by atoms with Gasteiger partial charge in [-0.2, -0.15) is 0 Å². The van der Waals surface area contributed by atoms with Gasteiger partial charge in [0.2, 0.25) is 5.75 Å². The van der Waals surface area contributed by atoms with Gasteiger partial charge in [0.15, 0.2) is 16.7 Å². The Morgan fingerprint density at radius 2 is 1.85 bits per heavy atom. The van der Waals surface area contributed by atoms with Crippen molar-refractivity contribution in [3.8, 4) is 22.9 Å². The van der Waals surface area contributed by atoms with Crippen LogP contribution in [0.25, 0.3) is 16.6 Å². The number of hydrogen-bond donors (Lipinski definition) is 0. The molecule has 9 heteroatoms. The molecule has 0 fully saturated rings. The van der Waals surface area contributed by atoms with Gasteiger partial charge >= 0.3 is 5.97 Å². The quantitative estimate of drug-likeness (QED) is 0.188. The number of fused-ring (bicyclic) bond motifs is 1. The molecule has 0 atom stereocenters. The van der Waals surface area contributed by atoms with E-state index in [1.807, 2.05) is 31.2 Å². The molecule has 0 aliphatic carbocycles. The molecule has 1 aromatic heterocycles. The molecule has 0 aliphatic rings. The molecular weight excluding hydrogens is 444 g/mol. The van der Waals surface area contributed by atoms with Crippen molar-refractivity contribution in [3.63, 3.8) is 0 Å². The van der Waals surface area contributed by atoms with Gasteiger partial charge in [-0.25, -0.2) is 4.98 Å². The number of nitrogens with zero attached hydrogens (tertiary/aromatic N) is 2. The average Bonchev–Trinajstić information content (AvgIpc) is 2.80. The summed E-state index contributed by atoms with van der Waals surface area (Å²) >= 11 is 1.40. The van der Waals surface area contributed by atoms with E-state index in [9.17, 15) is 9.59 Å². The third kappa shape index (κ3) is 5.24. The Hall–Kier alpha value is -3.20. The van der Waals surface area contributed by atoms with Gasteiger partial charge in [-0.15, -0.1) is 0 Å². The first-order valence-corrected chi connectivity index (χ1v) is 11.5. The number of esters is 1. The van der Waals surface area contributed by atoms with E-state index in [0.29, 0.717) is 64.2 Å². The highest BCUT2D eigenvalue weighted by Gasteiger charge is 2.22. The van der Waals surface area contributed by atoms with Crippen LogP contribution in [0, 0.1) is 6.92 Å². The summed E-state index contributed by atoms with van der Waals surface area (Å²) in [7, 11) is 4.51. The lowest BCUT2D eigenvalue weighted by Gasteiger charge is -2.17. The predicted molar refractivity (Wildman–Crippen MR) is 128 cm³/mol. The lowest BCUT2D eigenvalue weighted by Crippen LogP contribution is -2.22. The molecule has 0 aliphatic heterocycles. The summed E-state index contributed by atoms with van der Waals surface area (Å²) in [5.74, 6) is 1.42. The zero-order chi connectivity index (χ0) is 24.0. The molecule has 0 N–H and O–H groups in total. The minimum absolute atomic E-state index is 0.237. The Bertz CT molecular complexity index is 1210. The fraction of sp³-hybridized carbons (Fsp3) is 0.375. The fourth-order valence-electron chi connectivity index (χ4n) is 3.47. The van der Waals surface area contributed by atoms with Crippen LogP contribution in [0.3, 0.4) is 0 Å². The van der Waals surface area contributed by atoms with Gasteiger partial charge in [0.25, 0.3) is 5.56 Å². The molecule has 3 rings (SSSR count). The molecule has 1 heterocycles. The van der Waals surface area contributed by atoms with Gasteiger partial charge in [0, 0.05) is 12.2 Å². The maximum atomic E-state index is 13.7. The molecule has 0 bridgehead atoms. The highest BCUT2D eigenvalue weighted by atomic mass is 32.2. The molecule has 0 spiro atoms. The lowest BCUT2D eigenvalue weighted by molar-refractivity contribution is -0.143. The normalized spacial score (nSPS) is 10.8. The number of carbonyl (C=O) groups excluding carboxylic acids is 1. The summed E-state index contributed by atoms with van der Waals surface area (Å²) in [5, 5.41) is 0.842. The first-order valence-electron chi connectivity index (χ1n) is 10.6. The summed E-state index contributed by atoms with van der Waals surface area (Å²) in [4.78, 5) is 30.2. The van der Waals surface area contributed by atoms with Crippen LogP contribution in [-0.4, -0.2) is 49.2 Å². The summed E-state index contributed by atoms with van der Waals surface area (Å²) < 4.78 is 23.0. The number of ether oxygens (including phenoxy) is 4. The topological polar surface area (TPSA) is 88.9 Å². The van der Waals surface area contributed by atoms with E-state index < -0.39 is 0 Å². The van der Waals surface area contributed by atoms with Gasteiger partial charge in [0.1, 0.15) is 5.52 Å². The number of aryl methyl sites for hydroxylation is 1. The van der Waals surface area contributed by atoms with Crippen LogP contribution in [0.4, 0.5) is 0 Å². The SMILES string of the molecule is CCOC(=O)CCCSc1nc2c(OC)c(OC)c(OC)cc2c(=O)n1-c1cccc(C)c1. The van der Waals surface area contributed by atoms with Crippen molar-refractivity contribution in [3.05, 3.63) is 46.2 Å². The van der Waals surface area contributed by atoms with Crippen LogP contribution in [0.5, 0.6) is 17.2 Å². The first kappa shape index (κ1) is 24.4. The molecule has 176 valence electrons. The second-order valence-electron chi connectivity index (χ2n) is 7.17. The van der Waals surface area contributed by atoms with Crippen molar-refractivity contribution in [2.75, 3.05) is 33.7 Å². The fourth-order valence-corrected chi connectivity index (χ4v) is 4.42. The zero-order valence-corrected chi connectivity index (χ0v) is 20.3. The summed E-state index contributed by atoms with van der Waals surface area (Å²) in [6.45, 7) is 4.10. The van der Waals surface area contributed by atoms with E-state index in [4.69, 9.17) is 23.9 Å². The highest BCUT2D eigenvalue weighted by Crippen LogP contribution is 2.42. The predicted octanol–water partition coefficient (Wildman–Crippen LogP) is 4.16. The van der Waals surface area contributed by atoms with Crippen LogP contribution in [-0.2, 0) is 9.53 Å². The molecule has 0 unspecified atom stereocenters. The van der Waals surface area contributed by atoms with Crippen molar-refractivity contribution >= 4 is 28.6 Å².